The number of primary amides is 1. The third-order valence-corrected chi connectivity index (χ3v) is 6.14. The minimum absolute atomic E-state index is 0.0200. The summed E-state index contributed by atoms with van der Waals surface area (Å²) in [5, 5.41) is 6.26. The van der Waals surface area contributed by atoms with Crippen molar-refractivity contribution in [3.8, 4) is 5.88 Å². The number of carbonyl (C=O) groups excluding carboxylic acids is 2. The van der Waals surface area contributed by atoms with E-state index >= 15 is 0 Å². The van der Waals surface area contributed by atoms with Crippen molar-refractivity contribution in [2.75, 3.05) is 5.32 Å². The summed E-state index contributed by atoms with van der Waals surface area (Å²) in [6.07, 6.45) is 3.18. The molecule has 0 aliphatic carbocycles. The van der Waals surface area contributed by atoms with Gasteiger partial charge in [-0.25, -0.2) is 14.8 Å². The van der Waals surface area contributed by atoms with E-state index in [-0.39, 0.29) is 12.1 Å². The zero-order valence-corrected chi connectivity index (χ0v) is 15.9. The highest BCUT2D eigenvalue weighted by atomic mass is 32.2. The highest BCUT2D eigenvalue weighted by molar-refractivity contribution is 8.01. The number of pyridine rings is 2. The van der Waals surface area contributed by atoms with Crippen molar-refractivity contribution in [1.29, 1.82) is 0 Å². The van der Waals surface area contributed by atoms with Crippen LogP contribution >= 0.6 is 11.8 Å². The van der Waals surface area contributed by atoms with Gasteiger partial charge in [0.15, 0.2) is 4.75 Å². The molecule has 140 valence electrons. The van der Waals surface area contributed by atoms with Gasteiger partial charge in [-0.05, 0) is 32.4 Å². The molecule has 0 saturated heterocycles. The fraction of sp³-hybridized carbons (Fsp3) is 0.333. The third-order valence-electron chi connectivity index (χ3n) is 4.64. The third kappa shape index (κ3) is 2.61. The Hall–Kier alpha value is -2.81. The maximum Gasteiger partial charge on any atom is 0.319 e. The predicted molar refractivity (Wildman–Crippen MR) is 101 cm³/mol. The number of hydrogen-bond acceptors (Lipinski definition) is 6. The number of anilines is 1. The van der Waals surface area contributed by atoms with E-state index in [0.29, 0.717) is 22.2 Å². The van der Waals surface area contributed by atoms with Gasteiger partial charge in [0.05, 0.1) is 17.8 Å². The number of carbonyl (C=O) groups is 2. The fourth-order valence-corrected chi connectivity index (χ4v) is 5.04. The van der Waals surface area contributed by atoms with Gasteiger partial charge in [0, 0.05) is 29.6 Å². The van der Waals surface area contributed by atoms with Gasteiger partial charge >= 0.3 is 6.03 Å². The predicted octanol–water partition coefficient (Wildman–Crippen LogP) is 2.23. The monoisotopic (exact) mass is 385 g/mol. The largest absolute Gasteiger partial charge is 0.475 e. The molecule has 0 saturated carbocycles. The van der Waals surface area contributed by atoms with Gasteiger partial charge in [-0.1, -0.05) is 11.8 Å². The molecule has 2 atom stereocenters. The normalized spacial score (nSPS) is 22.8. The van der Waals surface area contributed by atoms with Crippen molar-refractivity contribution < 1.29 is 14.3 Å². The molecule has 4 heterocycles. The van der Waals surface area contributed by atoms with Crippen LogP contribution in [-0.2, 0) is 9.54 Å². The van der Waals surface area contributed by atoms with Gasteiger partial charge < -0.3 is 21.1 Å². The van der Waals surface area contributed by atoms with Crippen LogP contribution in [0.3, 0.4) is 0 Å². The molecule has 2 aromatic rings. The number of urea groups is 1. The summed E-state index contributed by atoms with van der Waals surface area (Å²) in [5.41, 5.74) is 8.73. The number of nitrogens with two attached hydrogens (primary N) is 1. The van der Waals surface area contributed by atoms with E-state index in [1.165, 1.54) is 11.8 Å². The van der Waals surface area contributed by atoms with Gasteiger partial charge in [-0.3, -0.25) is 4.79 Å². The molecule has 2 aliphatic heterocycles. The standard InChI is InChI=1S/C18H19N5O3S/c1-8(2)26-12-6-9(3)10(7-21-12)18(16(19)24)14-13-11(22-17(25)23-14)4-5-20-15(13)27-18/h4-8,14H,1-3H3,(H2,19,24)(H2,22,23,25). The summed E-state index contributed by atoms with van der Waals surface area (Å²) in [6, 6.07) is 2.47. The van der Waals surface area contributed by atoms with E-state index in [9.17, 15) is 9.59 Å². The Balaban J connectivity index is 1.88. The number of aromatic nitrogens is 2. The van der Waals surface area contributed by atoms with Crippen molar-refractivity contribution >= 4 is 29.4 Å². The Morgan fingerprint density at radius 2 is 2.19 bits per heavy atom. The molecule has 8 nitrogen and oxygen atoms in total. The van der Waals surface area contributed by atoms with E-state index in [4.69, 9.17) is 10.5 Å². The van der Waals surface area contributed by atoms with E-state index < -0.39 is 16.7 Å². The second kappa shape index (κ2) is 6.12. The first-order chi connectivity index (χ1) is 12.8. The number of rotatable bonds is 4. The lowest BCUT2D eigenvalue weighted by atomic mass is 9.84. The van der Waals surface area contributed by atoms with Crippen molar-refractivity contribution in [3.05, 3.63) is 41.2 Å². The van der Waals surface area contributed by atoms with Crippen LogP contribution in [0.2, 0.25) is 0 Å². The first kappa shape index (κ1) is 17.6. The molecule has 2 aliphatic rings. The fourth-order valence-electron chi connectivity index (χ4n) is 3.56. The van der Waals surface area contributed by atoms with Gasteiger partial charge in [0.2, 0.25) is 11.8 Å². The van der Waals surface area contributed by atoms with Crippen LogP contribution in [0.5, 0.6) is 5.88 Å². The number of thioether (sulfide) groups is 1. The molecular formula is C18H19N5O3S. The molecule has 27 heavy (non-hydrogen) atoms. The molecule has 3 amide bonds. The molecule has 2 unspecified atom stereocenters. The summed E-state index contributed by atoms with van der Waals surface area (Å²) in [5.74, 6) is -0.0920. The number of hydrogen-bond donors (Lipinski definition) is 3. The Bertz CT molecular complexity index is 964. The lowest BCUT2D eigenvalue weighted by molar-refractivity contribution is -0.121. The molecular weight excluding hydrogens is 366 g/mol. The number of aryl methyl sites for hydroxylation is 1. The average Bonchev–Trinajstić information content (AvgIpc) is 2.91. The number of ether oxygens (including phenoxy) is 1. The van der Waals surface area contributed by atoms with E-state index in [0.717, 1.165) is 11.1 Å². The first-order valence-electron chi connectivity index (χ1n) is 8.52. The number of nitrogens with zero attached hydrogens (tertiary/aromatic N) is 2. The van der Waals surface area contributed by atoms with Crippen molar-refractivity contribution in [2.45, 2.75) is 42.7 Å². The van der Waals surface area contributed by atoms with E-state index in [2.05, 4.69) is 20.6 Å². The number of amides is 3. The molecule has 0 spiro atoms. The van der Waals surface area contributed by atoms with Gasteiger partial charge in [0.25, 0.3) is 0 Å². The summed E-state index contributed by atoms with van der Waals surface area (Å²) in [6.45, 7) is 5.70. The molecule has 0 aromatic carbocycles. The summed E-state index contributed by atoms with van der Waals surface area (Å²) >= 11 is 1.25. The minimum Gasteiger partial charge on any atom is -0.475 e. The zero-order valence-electron chi connectivity index (χ0n) is 15.1. The Labute approximate surface area is 160 Å². The van der Waals surface area contributed by atoms with Crippen molar-refractivity contribution in [1.82, 2.24) is 15.3 Å². The molecule has 9 heteroatoms. The minimum atomic E-state index is -1.24. The summed E-state index contributed by atoms with van der Waals surface area (Å²) in [7, 11) is 0. The van der Waals surface area contributed by atoms with Crippen molar-refractivity contribution in [2.24, 2.45) is 5.73 Å². The van der Waals surface area contributed by atoms with Crippen LogP contribution in [0.25, 0.3) is 0 Å². The molecule has 4 N–H and O–H groups in total. The maximum absolute atomic E-state index is 12.8. The molecule has 0 bridgehead atoms. The van der Waals surface area contributed by atoms with Crippen LogP contribution in [0, 0.1) is 6.92 Å². The topological polar surface area (TPSA) is 119 Å². The smallest absolute Gasteiger partial charge is 0.319 e. The Kier molecular flexibility index (Phi) is 3.99. The molecule has 0 fully saturated rings. The van der Waals surface area contributed by atoms with Gasteiger partial charge in [0.1, 0.15) is 5.03 Å². The van der Waals surface area contributed by atoms with E-state index in [1.54, 1.807) is 24.5 Å². The maximum atomic E-state index is 12.8. The van der Waals surface area contributed by atoms with Crippen molar-refractivity contribution in [3.63, 3.8) is 0 Å². The second-order valence-corrected chi connectivity index (χ2v) is 8.05. The van der Waals surface area contributed by atoms with Crippen LogP contribution in [0.15, 0.2) is 29.6 Å². The molecule has 0 radical (unpaired) electrons. The Morgan fingerprint density at radius 3 is 2.85 bits per heavy atom. The van der Waals surface area contributed by atoms with Crippen LogP contribution in [0.1, 0.15) is 36.6 Å². The quantitative estimate of drug-likeness (QED) is 0.742. The molecule has 4 rings (SSSR count). The highest BCUT2D eigenvalue weighted by Gasteiger charge is 2.57. The summed E-state index contributed by atoms with van der Waals surface area (Å²) < 4.78 is 4.40. The molecule has 2 aromatic heterocycles. The second-order valence-electron chi connectivity index (χ2n) is 6.81. The zero-order chi connectivity index (χ0) is 19.3. The van der Waals surface area contributed by atoms with Crippen LogP contribution in [0.4, 0.5) is 10.5 Å². The summed E-state index contributed by atoms with van der Waals surface area (Å²) in [4.78, 5) is 33.7. The first-order valence-corrected chi connectivity index (χ1v) is 9.33. The van der Waals surface area contributed by atoms with Gasteiger partial charge in [-0.15, -0.1) is 0 Å². The number of nitrogens with one attached hydrogen (secondary N) is 2. The van der Waals surface area contributed by atoms with Gasteiger partial charge in [-0.2, -0.15) is 0 Å². The van der Waals surface area contributed by atoms with Crippen LogP contribution in [-0.4, -0.2) is 28.0 Å². The van der Waals surface area contributed by atoms with E-state index in [1.807, 2.05) is 20.8 Å². The lowest BCUT2D eigenvalue weighted by Crippen LogP contribution is -2.51. The SMILES string of the molecule is Cc1cc(OC(C)C)ncc1C1(C(N)=O)Sc2nccc3c2C1NC(=O)N3. The Morgan fingerprint density at radius 1 is 1.41 bits per heavy atom. The van der Waals surface area contributed by atoms with Crippen LogP contribution < -0.4 is 21.1 Å². The lowest BCUT2D eigenvalue weighted by Gasteiger charge is -2.35. The highest BCUT2D eigenvalue weighted by Crippen LogP contribution is 2.60. The average molecular weight is 385 g/mol.